The Morgan fingerprint density at radius 1 is 1.20 bits per heavy atom. The third-order valence-electron chi connectivity index (χ3n) is 4.93. The van der Waals surface area contributed by atoms with Gasteiger partial charge in [-0.25, -0.2) is 4.79 Å². The second kappa shape index (κ2) is 6.70. The van der Waals surface area contributed by atoms with E-state index in [-0.39, 0.29) is 17.9 Å². The molecule has 4 rings (SSSR count). The predicted molar refractivity (Wildman–Crippen MR) is 94.8 cm³/mol. The topological polar surface area (TPSA) is 74.3 Å². The van der Waals surface area contributed by atoms with Crippen LogP contribution in [0.15, 0.2) is 36.5 Å². The number of nitrogens with one attached hydrogen (secondary N) is 2. The van der Waals surface area contributed by atoms with E-state index in [0.29, 0.717) is 25.6 Å². The zero-order valence-corrected chi connectivity index (χ0v) is 14.1. The molecule has 1 aliphatic heterocycles. The summed E-state index contributed by atoms with van der Waals surface area (Å²) >= 11 is 0. The summed E-state index contributed by atoms with van der Waals surface area (Å²) in [5.41, 5.74) is 1.90. The molecule has 1 saturated heterocycles. The van der Waals surface area contributed by atoms with Gasteiger partial charge in [-0.3, -0.25) is 9.78 Å². The number of para-hydroxylation sites is 1. The highest BCUT2D eigenvalue weighted by molar-refractivity contribution is 5.82. The average Bonchev–Trinajstić information content (AvgIpc) is 3.41. The Balaban J connectivity index is 1.27. The Bertz CT molecular complexity index is 798. The number of fused-ring (bicyclic) bond motifs is 1. The van der Waals surface area contributed by atoms with Crippen molar-refractivity contribution in [2.75, 3.05) is 13.1 Å². The molecule has 25 heavy (non-hydrogen) atoms. The first-order valence-electron chi connectivity index (χ1n) is 8.84. The van der Waals surface area contributed by atoms with Crippen LogP contribution in [0.4, 0.5) is 4.79 Å². The molecule has 1 atom stereocenters. The van der Waals surface area contributed by atoms with E-state index in [9.17, 15) is 9.59 Å². The molecule has 1 aromatic heterocycles. The van der Waals surface area contributed by atoms with Crippen molar-refractivity contribution in [3.8, 4) is 0 Å². The van der Waals surface area contributed by atoms with E-state index in [0.717, 1.165) is 35.9 Å². The number of aromatic nitrogens is 1. The number of carbonyl (C=O) groups excluding carboxylic acids is 2. The number of carbonyl (C=O) groups is 2. The number of hydrogen-bond donors (Lipinski definition) is 2. The van der Waals surface area contributed by atoms with E-state index in [1.165, 1.54) is 0 Å². The molecule has 2 heterocycles. The Labute approximate surface area is 146 Å². The van der Waals surface area contributed by atoms with E-state index in [1.54, 1.807) is 6.20 Å². The quantitative estimate of drug-likeness (QED) is 0.876. The smallest absolute Gasteiger partial charge is 0.315 e. The molecule has 1 aromatic carbocycles. The Hall–Kier alpha value is -2.63. The number of pyridine rings is 1. The first kappa shape index (κ1) is 15.9. The van der Waals surface area contributed by atoms with E-state index in [4.69, 9.17) is 0 Å². The van der Waals surface area contributed by atoms with Crippen LogP contribution in [0.3, 0.4) is 0 Å². The second-order valence-electron chi connectivity index (χ2n) is 6.90. The van der Waals surface area contributed by atoms with Crippen LogP contribution in [-0.2, 0) is 11.3 Å². The van der Waals surface area contributed by atoms with Crippen LogP contribution in [-0.4, -0.2) is 41.0 Å². The number of urea groups is 1. The summed E-state index contributed by atoms with van der Waals surface area (Å²) in [6.07, 6.45) is 4.57. The molecule has 2 aromatic rings. The predicted octanol–water partition coefficient (Wildman–Crippen LogP) is 2.04. The number of rotatable bonds is 5. The van der Waals surface area contributed by atoms with Gasteiger partial charge in [0, 0.05) is 49.6 Å². The normalized spacial score (nSPS) is 20.1. The molecule has 2 aliphatic rings. The standard InChI is InChI=1S/C19H22N4O2/c24-17-9-13(12-23(17)16-6-7-16)10-21-19(25)22-11-15-4-1-3-14-5-2-8-20-18(14)15/h1-5,8,13,16H,6-7,9-12H2,(H2,21,22,25)/t13-/m1/s1. The fourth-order valence-electron chi connectivity index (χ4n) is 3.47. The lowest BCUT2D eigenvalue weighted by Gasteiger charge is -2.16. The highest BCUT2D eigenvalue weighted by atomic mass is 16.2. The van der Waals surface area contributed by atoms with Gasteiger partial charge in [0.15, 0.2) is 0 Å². The maximum absolute atomic E-state index is 12.1. The van der Waals surface area contributed by atoms with Gasteiger partial charge in [0.25, 0.3) is 0 Å². The summed E-state index contributed by atoms with van der Waals surface area (Å²) in [6.45, 7) is 1.74. The van der Waals surface area contributed by atoms with Crippen molar-refractivity contribution in [2.45, 2.75) is 31.8 Å². The zero-order chi connectivity index (χ0) is 17.2. The molecule has 6 nitrogen and oxygen atoms in total. The van der Waals surface area contributed by atoms with Gasteiger partial charge in [0.2, 0.25) is 5.91 Å². The van der Waals surface area contributed by atoms with E-state index in [1.807, 2.05) is 35.2 Å². The van der Waals surface area contributed by atoms with Crippen LogP contribution in [0.25, 0.3) is 10.9 Å². The summed E-state index contributed by atoms with van der Waals surface area (Å²) < 4.78 is 0. The van der Waals surface area contributed by atoms with Gasteiger partial charge >= 0.3 is 6.03 Å². The molecular weight excluding hydrogens is 316 g/mol. The minimum atomic E-state index is -0.203. The molecule has 3 amide bonds. The Morgan fingerprint density at radius 3 is 2.88 bits per heavy atom. The van der Waals surface area contributed by atoms with Gasteiger partial charge < -0.3 is 15.5 Å². The van der Waals surface area contributed by atoms with E-state index in [2.05, 4.69) is 15.6 Å². The minimum absolute atomic E-state index is 0.203. The molecule has 2 fully saturated rings. The van der Waals surface area contributed by atoms with Crippen LogP contribution in [0, 0.1) is 5.92 Å². The van der Waals surface area contributed by atoms with Crippen LogP contribution < -0.4 is 10.6 Å². The largest absolute Gasteiger partial charge is 0.339 e. The molecule has 6 heteroatoms. The van der Waals surface area contributed by atoms with Gasteiger partial charge in [-0.2, -0.15) is 0 Å². The van der Waals surface area contributed by atoms with Crippen LogP contribution in [0.2, 0.25) is 0 Å². The zero-order valence-electron chi connectivity index (χ0n) is 14.1. The summed E-state index contributed by atoms with van der Waals surface area (Å²) in [5.74, 6) is 0.453. The van der Waals surface area contributed by atoms with Crippen LogP contribution >= 0.6 is 0 Å². The van der Waals surface area contributed by atoms with Gasteiger partial charge in [0.1, 0.15) is 0 Å². The van der Waals surface area contributed by atoms with Crippen molar-refractivity contribution >= 4 is 22.8 Å². The van der Waals surface area contributed by atoms with Gasteiger partial charge in [-0.1, -0.05) is 24.3 Å². The lowest BCUT2D eigenvalue weighted by atomic mass is 10.1. The summed E-state index contributed by atoms with van der Waals surface area (Å²) in [7, 11) is 0. The summed E-state index contributed by atoms with van der Waals surface area (Å²) in [5, 5.41) is 6.84. The molecule has 1 aliphatic carbocycles. The molecule has 1 saturated carbocycles. The Morgan fingerprint density at radius 2 is 2.04 bits per heavy atom. The van der Waals surface area contributed by atoms with Crippen molar-refractivity contribution in [3.05, 3.63) is 42.1 Å². The molecule has 0 radical (unpaired) electrons. The molecule has 2 N–H and O–H groups in total. The van der Waals surface area contributed by atoms with Crippen molar-refractivity contribution < 1.29 is 9.59 Å². The highest BCUT2D eigenvalue weighted by Crippen LogP contribution is 2.32. The molecule has 130 valence electrons. The fourth-order valence-corrected chi connectivity index (χ4v) is 3.47. The monoisotopic (exact) mass is 338 g/mol. The van der Waals surface area contributed by atoms with Crippen molar-refractivity contribution in [1.29, 1.82) is 0 Å². The van der Waals surface area contributed by atoms with Crippen molar-refractivity contribution in [1.82, 2.24) is 20.5 Å². The van der Waals surface area contributed by atoms with Crippen molar-refractivity contribution in [2.24, 2.45) is 5.92 Å². The highest BCUT2D eigenvalue weighted by Gasteiger charge is 2.39. The van der Waals surface area contributed by atoms with Gasteiger partial charge in [-0.05, 0) is 24.5 Å². The second-order valence-corrected chi connectivity index (χ2v) is 6.90. The van der Waals surface area contributed by atoms with Gasteiger partial charge in [0.05, 0.1) is 5.52 Å². The number of hydrogen-bond acceptors (Lipinski definition) is 3. The third kappa shape index (κ3) is 3.57. The minimum Gasteiger partial charge on any atom is -0.339 e. The van der Waals surface area contributed by atoms with E-state index < -0.39 is 0 Å². The number of amides is 3. The van der Waals surface area contributed by atoms with Crippen molar-refractivity contribution in [3.63, 3.8) is 0 Å². The summed E-state index contributed by atoms with van der Waals surface area (Å²) in [6, 6.07) is 10.1. The average molecular weight is 338 g/mol. The first-order chi connectivity index (χ1) is 12.2. The molecule has 0 unspecified atom stereocenters. The third-order valence-corrected chi connectivity index (χ3v) is 4.93. The van der Waals surface area contributed by atoms with Gasteiger partial charge in [-0.15, -0.1) is 0 Å². The maximum Gasteiger partial charge on any atom is 0.315 e. The number of benzene rings is 1. The fraction of sp³-hybridized carbons (Fsp3) is 0.421. The maximum atomic E-state index is 12.1. The molecular formula is C19H22N4O2. The molecule has 0 bridgehead atoms. The van der Waals surface area contributed by atoms with E-state index >= 15 is 0 Å². The van der Waals surface area contributed by atoms with Crippen LogP contribution in [0.1, 0.15) is 24.8 Å². The number of likely N-dealkylation sites (tertiary alicyclic amines) is 1. The Kier molecular flexibility index (Phi) is 4.26. The first-order valence-corrected chi connectivity index (χ1v) is 8.84. The van der Waals surface area contributed by atoms with Crippen LogP contribution in [0.5, 0.6) is 0 Å². The summed E-state index contributed by atoms with van der Waals surface area (Å²) in [4.78, 5) is 30.4. The SMILES string of the molecule is O=C(NCc1cccc2cccnc12)NC[C@H]1CC(=O)N(C2CC2)C1. The number of nitrogens with zero attached hydrogens (tertiary/aromatic N) is 2. The lowest BCUT2D eigenvalue weighted by Crippen LogP contribution is -2.38. The lowest BCUT2D eigenvalue weighted by molar-refractivity contribution is -0.128. The molecule has 0 spiro atoms.